The molecule has 0 aliphatic carbocycles. The summed E-state index contributed by atoms with van der Waals surface area (Å²) in [5.41, 5.74) is 0.263. The van der Waals surface area contributed by atoms with Crippen molar-refractivity contribution in [3.8, 4) is 0 Å². The van der Waals surface area contributed by atoms with E-state index in [0.717, 1.165) is 0 Å². The van der Waals surface area contributed by atoms with E-state index in [0.29, 0.717) is 0 Å². The van der Waals surface area contributed by atoms with Crippen LogP contribution in [0.3, 0.4) is 0 Å². The Kier molecular flexibility index (Phi) is 3.49. The van der Waals surface area contributed by atoms with Crippen molar-refractivity contribution in [3.05, 3.63) is 17.5 Å². The molecule has 0 aromatic carbocycles. The molecule has 0 unspecified atom stereocenters. The Bertz CT molecular complexity index is 411. The summed E-state index contributed by atoms with van der Waals surface area (Å²) in [4.78, 5) is 23.2. The highest BCUT2D eigenvalue weighted by Crippen LogP contribution is 2.08. The lowest BCUT2D eigenvalue weighted by Crippen LogP contribution is -2.22. The molecule has 0 fully saturated rings. The first-order valence-electron chi connectivity index (χ1n) is 4.51. The van der Waals surface area contributed by atoms with Crippen LogP contribution in [0.4, 0.5) is 4.79 Å². The lowest BCUT2D eigenvalue weighted by molar-refractivity contribution is 0.0688. The van der Waals surface area contributed by atoms with Crippen molar-refractivity contribution in [2.75, 3.05) is 14.1 Å². The number of ether oxygens (including phenoxy) is 1. The maximum Gasteiger partial charge on any atom is 0.409 e. The number of aromatic carboxylic acids is 1. The number of rotatable bonds is 3. The van der Waals surface area contributed by atoms with E-state index in [-0.39, 0.29) is 17.9 Å². The van der Waals surface area contributed by atoms with Crippen LogP contribution in [0.2, 0.25) is 0 Å². The number of carbonyl (C=O) groups is 2. The molecule has 1 heterocycles. The number of aromatic nitrogens is 2. The molecule has 1 amide bonds. The van der Waals surface area contributed by atoms with Gasteiger partial charge in [-0.05, 0) is 0 Å². The van der Waals surface area contributed by atoms with E-state index in [2.05, 4.69) is 5.10 Å². The number of carboxylic acids is 1. The van der Waals surface area contributed by atoms with Gasteiger partial charge in [-0.15, -0.1) is 0 Å². The van der Waals surface area contributed by atoms with E-state index in [1.165, 1.54) is 15.8 Å². The summed E-state index contributed by atoms with van der Waals surface area (Å²) in [6.07, 6.45) is 0.822. The van der Waals surface area contributed by atoms with E-state index in [1.54, 1.807) is 21.1 Å². The molecule has 1 N–H and O–H groups in total. The Morgan fingerprint density at radius 3 is 2.69 bits per heavy atom. The molecule has 88 valence electrons. The Morgan fingerprint density at radius 1 is 1.56 bits per heavy atom. The second-order valence-electron chi connectivity index (χ2n) is 3.42. The molecule has 0 saturated heterocycles. The highest BCUT2D eigenvalue weighted by molar-refractivity contribution is 5.88. The number of hydrogen-bond acceptors (Lipinski definition) is 4. The van der Waals surface area contributed by atoms with Gasteiger partial charge >= 0.3 is 12.1 Å². The predicted molar refractivity (Wildman–Crippen MR) is 54.0 cm³/mol. The summed E-state index contributed by atoms with van der Waals surface area (Å²) >= 11 is 0. The van der Waals surface area contributed by atoms with E-state index < -0.39 is 12.1 Å². The van der Waals surface area contributed by atoms with Gasteiger partial charge < -0.3 is 14.7 Å². The van der Waals surface area contributed by atoms with Gasteiger partial charge in [0.05, 0.1) is 0 Å². The van der Waals surface area contributed by atoms with Crippen LogP contribution in [0.1, 0.15) is 16.1 Å². The van der Waals surface area contributed by atoms with Crippen LogP contribution in [0, 0.1) is 0 Å². The molecule has 0 saturated carbocycles. The van der Waals surface area contributed by atoms with Crippen molar-refractivity contribution in [2.45, 2.75) is 6.61 Å². The van der Waals surface area contributed by atoms with Gasteiger partial charge in [0.1, 0.15) is 17.9 Å². The van der Waals surface area contributed by atoms with Crippen LogP contribution in [-0.2, 0) is 18.4 Å². The third-order valence-electron chi connectivity index (χ3n) is 1.83. The first-order chi connectivity index (χ1) is 7.41. The van der Waals surface area contributed by atoms with Crippen molar-refractivity contribution in [3.63, 3.8) is 0 Å². The largest absolute Gasteiger partial charge is 0.478 e. The molecule has 7 heteroatoms. The number of carboxylic acid groups (broad SMARTS) is 1. The third kappa shape index (κ3) is 2.72. The summed E-state index contributed by atoms with van der Waals surface area (Å²) < 4.78 is 6.20. The minimum atomic E-state index is -1.09. The summed E-state index contributed by atoms with van der Waals surface area (Å²) in [7, 11) is 4.68. The summed E-state index contributed by atoms with van der Waals surface area (Å²) in [6, 6.07) is 0. The lowest BCUT2D eigenvalue weighted by atomic mass is 10.2. The van der Waals surface area contributed by atoms with E-state index in [4.69, 9.17) is 9.84 Å². The van der Waals surface area contributed by atoms with Crippen molar-refractivity contribution in [1.29, 1.82) is 0 Å². The molecule has 0 radical (unpaired) electrons. The molecule has 16 heavy (non-hydrogen) atoms. The molecule has 0 aliphatic rings. The topological polar surface area (TPSA) is 84.7 Å². The number of hydrogen-bond donors (Lipinski definition) is 1. The first-order valence-corrected chi connectivity index (χ1v) is 4.51. The van der Waals surface area contributed by atoms with Crippen LogP contribution in [-0.4, -0.2) is 45.9 Å². The Hall–Kier alpha value is -2.05. The van der Waals surface area contributed by atoms with Crippen molar-refractivity contribution in [2.24, 2.45) is 7.05 Å². The summed E-state index contributed by atoms with van der Waals surface area (Å²) in [5, 5.41) is 12.8. The molecule has 0 bridgehead atoms. The number of aryl methyl sites for hydroxylation is 1. The van der Waals surface area contributed by atoms with Gasteiger partial charge in [0.25, 0.3) is 0 Å². The Morgan fingerprint density at radius 2 is 2.19 bits per heavy atom. The minimum absolute atomic E-state index is 0.0362. The number of nitrogens with zero attached hydrogens (tertiary/aromatic N) is 3. The normalized spacial score (nSPS) is 9.94. The molecular weight excluding hydrogens is 214 g/mol. The van der Waals surface area contributed by atoms with Crippen LogP contribution in [0.5, 0.6) is 0 Å². The molecule has 0 aliphatic heterocycles. The molecule has 1 aromatic rings. The fourth-order valence-corrected chi connectivity index (χ4v) is 1.08. The van der Waals surface area contributed by atoms with Crippen molar-refractivity contribution in [1.82, 2.24) is 14.7 Å². The predicted octanol–water partition coefficient (Wildman–Crippen LogP) is 0.316. The zero-order chi connectivity index (χ0) is 12.3. The maximum atomic E-state index is 11.1. The fourth-order valence-electron chi connectivity index (χ4n) is 1.08. The highest BCUT2D eigenvalue weighted by Gasteiger charge is 2.16. The molecule has 7 nitrogen and oxygen atoms in total. The van der Waals surface area contributed by atoms with Gasteiger partial charge in [-0.25, -0.2) is 9.59 Å². The lowest BCUT2D eigenvalue weighted by Gasteiger charge is -2.09. The van der Waals surface area contributed by atoms with Crippen LogP contribution < -0.4 is 0 Å². The van der Waals surface area contributed by atoms with E-state index >= 15 is 0 Å². The van der Waals surface area contributed by atoms with Crippen molar-refractivity contribution < 1.29 is 19.4 Å². The van der Waals surface area contributed by atoms with Crippen LogP contribution in [0.25, 0.3) is 0 Å². The fraction of sp³-hybridized carbons (Fsp3) is 0.444. The zero-order valence-corrected chi connectivity index (χ0v) is 9.30. The monoisotopic (exact) mass is 227 g/mol. The van der Waals surface area contributed by atoms with Gasteiger partial charge in [0.2, 0.25) is 0 Å². The highest BCUT2D eigenvalue weighted by atomic mass is 16.6. The average molecular weight is 227 g/mol. The SMILES string of the molecule is CN(C)C(=O)OCc1nn(C)cc1C(=O)O. The number of carbonyl (C=O) groups excluding carboxylic acids is 1. The third-order valence-corrected chi connectivity index (χ3v) is 1.83. The summed E-state index contributed by atoms with van der Waals surface area (Å²) in [5.74, 6) is -1.09. The molecule has 1 rings (SSSR count). The van der Waals surface area contributed by atoms with Gasteiger partial charge in [-0.3, -0.25) is 4.68 Å². The van der Waals surface area contributed by atoms with Crippen molar-refractivity contribution >= 4 is 12.1 Å². The summed E-state index contributed by atoms with van der Waals surface area (Å²) in [6.45, 7) is -0.153. The Balaban J connectivity index is 2.74. The van der Waals surface area contributed by atoms with E-state index in [1.807, 2.05) is 0 Å². The average Bonchev–Trinajstić information content (AvgIpc) is 2.56. The number of amides is 1. The molecule has 0 spiro atoms. The quantitative estimate of drug-likeness (QED) is 0.803. The van der Waals surface area contributed by atoms with Gasteiger partial charge in [-0.1, -0.05) is 0 Å². The van der Waals surface area contributed by atoms with Crippen LogP contribution >= 0.6 is 0 Å². The second-order valence-corrected chi connectivity index (χ2v) is 3.42. The molecule has 0 atom stereocenters. The van der Waals surface area contributed by atoms with Gasteiger partial charge in [-0.2, -0.15) is 5.10 Å². The zero-order valence-electron chi connectivity index (χ0n) is 9.30. The first kappa shape index (κ1) is 12.0. The van der Waals surface area contributed by atoms with Gasteiger partial charge in [0.15, 0.2) is 0 Å². The van der Waals surface area contributed by atoms with Crippen LogP contribution in [0.15, 0.2) is 6.20 Å². The standard InChI is InChI=1S/C9H13N3O4/c1-11(2)9(15)16-5-7-6(8(13)14)4-12(3)10-7/h4H,5H2,1-3H3,(H,13,14). The minimum Gasteiger partial charge on any atom is -0.478 e. The molecule has 1 aromatic heterocycles. The smallest absolute Gasteiger partial charge is 0.409 e. The van der Waals surface area contributed by atoms with Gasteiger partial charge in [0, 0.05) is 27.3 Å². The Labute approximate surface area is 92.2 Å². The second kappa shape index (κ2) is 4.65. The molecular formula is C9H13N3O4. The maximum absolute atomic E-state index is 11.1. The van der Waals surface area contributed by atoms with E-state index in [9.17, 15) is 9.59 Å².